The van der Waals surface area contributed by atoms with E-state index in [-0.39, 0.29) is 5.92 Å². The molecule has 0 radical (unpaired) electrons. The lowest BCUT2D eigenvalue weighted by Crippen LogP contribution is -2.24. The Hall–Kier alpha value is -1.51. The maximum absolute atomic E-state index is 11.5. The van der Waals surface area contributed by atoms with Crippen molar-refractivity contribution >= 4 is 11.7 Å². The van der Waals surface area contributed by atoms with E-state index < -0.39 is 11.9 Å². The van der Waals surface area contributed by atoms with E-state index in [4.69, 9.17) is 5.73 Å². The van der Waals surface area contributed by atoms with Crippen LogP contribution in [0.5, 0.6) is 0 Å². The predicted octanol–water partition coefficient (Wildman–Crippen LogP) is 3.04. The summed E-state index contributed by atoms with van der Waals surface area (Å²) < 4.78 is 0. The molecule has 3 N–H and O–H groups in total. The molecule has 0 saturated heterocycles. The molecule has 2 unspecified atom stereocenters. The fourth-order valence-corrected chi connectivity index (χ4v) is 1.99. The van der Waals surface area contributed by atoms with Crippen LogP contribution in [0.15, 0.2) is 18.2 Å². The fourth-order valence-electron chi connectivity index (χ4n) is 1.99. The van der Waals surface area contributed by atoms with Gasteiger partial charge in [-0.2, -0.15) is 0 Å². The van der Waals surface area contributed by atoms with Crippen LogP contribution in [-0.4, -0.2) is 11.1 Å². The largest absolute Gasteiger partial charge is 0.481 e. The zero-order valence-corrected chi connectivity index (χ0v) is 10.9. The van der Waals surface area contributed by atoms with Crippen molar-refractivity contribution in [2.24, 2.45) is 11.8 Å². The summed E-state index contributed by atoms with van der Waals surface area (Å²) >= 11 is 0. The molecule has 1 aromatic rings. The number of rotatable bonds is 4. The lowest BCUT2D eigenvalue weighted by atomic mass is 9.79. The van der Waals surface area contributed by atoms with Gasteiger partial charge in [0.1, 0.15) is 0 Å². The second-order valence-electron chi connectivity index (χ2n) is 5.05. The first-order valence-electron chi connectivity index (χ1n) is 5.93. The molecular weight excluding hydrogens is 214 g/mol. The van der Waals surface area contributed by atoms with E-state index in [0.717, 1.165) is 11.1 Å². The van der Waals surface area contributed by atoms with Crippen LogP contribution in [0.4, 0.5) is 5.69 Å². The van der Waals surface area contributed by atoms with E-state index in [1.54, 1.807) is 6.07 Å². The number of benzene rings is 1. The number of carboxylic acids is 1. The highest BCUT2D eigenvalue weighted by atomic mass is 16.4. The Labute approximate surface area is 103 Å². The van der Waals surface area contributed by atoms with E-state index in [9.17, 15) is 9.90 Å². The molecule has 0 heterocycles. The number of hydrogen-bond donors (Lipinski definition) is 2. The molecule has 0 saturated carbocycles. The number of anilines is 1. The molecule has 0 amide bonds. The highest BCUT2D eigenvalue weighted by molar-refractivity contribution is 5.79. The van der Waals surface area contributed by atoms with Crippen LogP contribution in [0.1, 0.15) is 37.8 Å². The van der Waals surface area contributed by atoms with Gasteiger partial charge in [0.05, 0.1) is 5.92 Å². The lowest BCUT2D eigenvalue weighted by molar-refractivity contribution is -0.140. The van der Waals surface area contributed by atoms with Gasteiger partial charge in [-0.3, -0.25) is 4.79 Å². The van der Waals surface area contributed by atoms with E-state index in [1.165, 1.54) is 0 Å². The van der Waals surface area contributed by atoms with E-state index in [1.807, 2.05) is 39.8 Å². The first-order chi connectivity index (χ1) is 7.84. The number of nitrogens with two attached hydrogens (primary N) is 1. The summed E-state index contributed by atoms with van der Waals surface area (Å²) in [5.41, 5.74) is 8.24. The van der Waals surface area contributed by atoms with Gasteiger partial charge in [-0.1, -0.05) is 38.5 Å². The molecule has 0 aliphatic carbocycles. The van der Waals surface area contributed by atoms with Crippen LogP contribution >= 0.6 is 0 Å². The van der Waals surface area contributed by atoms with Gasteiger partial charge >= 0.3 is 5.97 Å². The van der Waals surface area contributed by atoms with Gasteiger partial charge < -0.3 is 10.8 Å². The molecule has 3 heteroatoms. The predicted molar refractivity (Wildman–Crippen MR) is 70.0 cm³/mol. The minimum absolute atomic E-state index is 0.0524. The first-order valence-corrected chi connectivity index (χ1v) is 5.93. The van der Waals surface area contributed by atoms with Crippen molar-refractivity contribution in [3.8, 4) is 0 Å². The van der Waals surface area contributed by atoms with Crippen LogP contribution in [0.25, 0.3) is 0 Å². The summed E-state index contributed by atoms with van der Waals surface area (Å²) in [5.74, 6) is -0.981. The normalized spacial score (nSPS) is 14.6. The minimum atomic E-state index is -0.802. The van der Waals surface area contributed by atoms with Crippen molar-refractivity contribution < 1.29 is 9.90 Å². The zero-order valence-electron chi connectivity index (χ0n) is 10.9. The lowest BCUT2D eigenvalue weighted by Gasteiger charge is -2.25. The van der Waals surface area contributed by atoms with Crippen LogP contribution in [0, 0.1) is 18.8 Å². The minimum Gasteiger partial charge on any atom is -0.481 e. The van der Waals surface area contributed by atoms with Gasteiger partial charge in [-0.15, -0.1) is 0 Å². The molecule has 94 valence electrons. The molecule has 17 heavy (non-hydrogen) atoms. The standard InChI is InChI=1S/C14H21NO2/c1-8(2)10(4)13(14(16)17)11-7-9(3)5-6-12(11)15/h5-8,10,13H,15H2,1-4H3,(H,16,17). The van der Waals surface area contributed by atoms with Crippen LogP contribution in [-0.2, 0) is 4.79 Å². The Bertz CT molecular complexity index is 413. The molecule has 1 rings (SSSR count). The number of aryl methyl sites for hydroxylation is 1. The summed E-state index contributed by atoms with van der Waals surface area (Å²) in [5, 5.41) is 9.41. The van der Waals surface area contributed by atoms with E-state index in [2.05, 4.69) is 0 Å². The Kier molecular flexibility index (Phi) is 4.16. The highest BCUT2D eigenvalue weighted by Gasteiger charge is 2.30. The molecule has 1 aromatic carbocycles. The number of carboxylic acid groups (broad SMARTS) is 1. The van der Waals surface area contributed by atoms with Gasteiger partial charge in [0.15, 0.2) is 0 Å². The number of hydrogen-bond acceptors (Lipinski definition) is 2. The average molecular weight is 235 g/mol. The average Bonchev–Trinajstić information content (AvgIpc) is 2.22. The molecule has 0 aliphatic heterocycles. The van der Waals surface area contributed by atoms with Gasteiger partial charge in [-0.25, -0.2) is 0 Å². The first kappa shape index (κ1) is 13.6. The van der Waals surface area contributed by atoms with Crippen molar-refractivity contribution in [3.05, 3.63) is 29.3 Å². The summed E-state index contributed by atoms with van der Waals surface area (Å²) in [6, 6.07) is 5.57. The smallest absolute Gasteiger partial charge is 0.311 e. The van der Waals surface area contributed by atoms with Crippen LogP contribution in [0.2, 0.25) is 0 Å². The third-order valence-electron chi connectivity index (χ3n) is 3.42. The molecule has 2 atom stereocenters. The number of nitrogen functional groups attached to an aromatic ring is 1. The fraction of sp³-hybridized carbons (Fsp3) is 0.500. The summed E-state index contributed by atoms with van der Waals surface area (Å²) in [6.45, 7) is 7.98. The maximum Gasteiger partial charge on any atom is 0.311 e. The van der Waals surface area contributed by atoms with Gasteiger partial charge in [0.2, 0.25) is 0 Å². The summed E-state index contributed by atoms with van der Waals surface area (Å²) in [7, 11) is 0. The number of carbonyl (C=O) groups is 1. The molecule has 0 bridgehead atoms. The van der Waals surface area contributed by atoms with Crippen LogP contribution in [0.3, 0.4) is 0 Å². The Balaban J connectivity index is 3.23. The summed E-state index contributed by atoms with van der Waals surface area (Å²) in [6.07, 6.45) is 0. The van der Waals surface area contributed by atoms with Crippen molar-refractivity contribution in [1.29, 1.82) is 0 Å². The van der Waals surface area contributed by atoms with E-state index >= 15 is 0 Å². The Morgan fingerprint density at radius 1 is 1.29 bits per heavy atom. The van der Waals surface area contributed by atoms with Gasteiger partial charge in [0, 0.05) is 5.69 Å². The van der Waals surface area contributed by atoms with Crippen molar-refractivity contribution in [2.75, 3.05) is 5.73 Å². The quantitative estimate of drug-likeness (QED) is 0.788. The van der Waals surface area contributed by atoms with Crippen LogP contribution < -0.4 is 5.73 Å². The van der Waals surface area contributed by atoms with Gasteiger partial charge in [-0.05, 0) is 30.4 Å². The highest BCUT2D eigenvalue weighted by Crippen LogP contribution is 2.33. The van der Waals surface area contributed by atoms with Gasteiger partial charge in [0.25, 0.3) is 0 Å². The molecule has 0 aromatic heterocycles. The second-order valence-corrected chi connectivity index (χ2v) is 5.05. The van der Waals surface area contributed by atoms with Crippen molar-refractivity contribution in [1.82, 2.24) is 0 Å². The summed E-state index contributed by atoms with van der Waals surface area (Å²) in [4.78, 5) is 11.5. The van der Waals surface area contributed by atoms with E-state index in [0.29, 0.717) is 11.6 Å². The molecule has 0 fully saturated rings. The third kappa shape index (κ3) is 2.99. The topological polar surface area (TPSA) is 63.3 Å². The SMILES string of the molecule is Cc1ccc(N)c(C(C(=O)O)C(C)C(C)C)c1. The second kappa shape index (κ2) is 5.21. The number of aliphatic carboxylic acids is 1. The maximum atomic E-state index is 11.5. The monoisotopic (exact) mass is 235 g/mol. The van der Waals surface area contributed by atoms with Crippen molar-refractivity contribution in [2.45, 2.75) is 33.6 Å². The molecule has 0 spiro atoms. The Morgan fingerprint density at radius 2 is 1.88 bits per heavy atom. The third-order valence-corrected chi connectivity index (χ3v) is 3.42. The Morgan fingerprint density at radius 3 is 2.35 bits per heavy atom. The van der Waals surface area contributed by atoms with Crippen molar-refractivity contribution in [3.63, 3.8) is 0 Å². The molecule has 0 aliphatic rings. The molecule has 3 nitrogen and oxygen atoms in total. The molecular formula is C14H21NO2. The zero-order chi connectivity index (χ0) is 13.2.